The average Bonchev–Trinajstić information content (AvgIpc) is 2.05. The fourth-order valence-electron chi connectivity index (χ4n) is 1.11. The Labute approximate surface area is 59.6 Å². The molecule has 0 spiro atoms. The average molecular weight is 133 g/mol. The number of anilines is 1. The number of rotatable bonds is 0. The highest BCUT2D eigenvalue weighted by atomic mass is 14.9. The van der Waals surface area contributed by atoms with Crippen molar-refractivity contribution in [3.05, 3.63) is 36.3 Å². The van der Waals surface area contributed by atoms with Crippen molar-refractivity contribution < 1.29 is 4.98 Å². The molecule has 0 aliphatic carbocycles. The van der Waals surface area contributed by atoms with Gasteiger partial charge < -0.3 is 5.32 Å². The van der Waals surface area contributed by atoms with Gasteiger partial charge in [0.2, 0.25) is 0 Å². The van der Waals surface area contributed by atoms with E-state index in [2.05, 4.69) is 16.4 Å². The van der Waals surface area contributed by atoms with Crippen LogP contribution in [0.3, 0.4) is 0 Å². The van der Waals surface area contributed by atoms with E-state index >= 15 is 0 Å². The molecule has 0 atom stereocenters. The van der Waals surface area contributed by atoms with Crippen LogP contribution in [0.1, 0.15) is 5.56 Å². The van der Waals surface area contributed by atoms with Gasteiger partial charge in [-0.25, -0.2) is 4.98 Å². The van der Waals surface area contributed by atoms with Crippen LogP contribution in [-0.4, -0.2) is 0 Å². The van der Waals surface area contributed by atoms with Crippen molar-refractivity contribution in [3.8, 4) is 0 Å². The summed E-state index contributed by atoms with van der Waals surface area (Å²) in [6.07, 6.45) is 9.05. The number of hydrogen-bond acceptors (Lipinski definition) is 1. The Morgan fingerprint density at radius 2 is 2.50 bits per heavy atom. The van der Waals surface area contributed by atoms with Gasteiger partial charge in [0.1, 0.15) is 0 Å². The summed E-state index contributed by atoms with van der Waals surface area (Å²) in [6, 6.07) is 2.04. The van der Waals surface area contributed by atoms with Crippen LogP contribution >= 0.6 is 0 Å². The van der Waals surface area contributed by atoms with Gasteiger partial charge in [-0.3, -0.25) is 0 Å². The number of hydrogen-bond donors (Lipinski definition) is 1. The minimum atomic E-state index is 1.03. The predicted molar refractivity (Wildman–Crippen MR) is 39.5 cm³/mol. The molecular weight excluding hydrogens is 124 g/mol. The lowest BCUT2D eigenvalue weighted by Gasteiger charge is -2.07. The number of aromatic nitrogens is 1. The Morgan fingerprint density at radius 1 is 1.50 bits per heavy atom. The zero-order chi connectivity index (χ0) is 6.81. The number of aromatic amines is 1. The highest BCUT2D eigenvalue weighted by Crippen LogP contribution is 2.16. The van der Waals surface area contributed by atoms with Crippen LogP contribution in [0.4, 0.5) is 5.69 Å². The molecule has 0 bridgehead atoms. The maximum Gasteiger partial charge on any atom is 0.172 e. The molecule has 0 radical (unpaired) electrons. The van der Waals surface area contributed by atoms with Gasteiger partial charge in [-0.1, -0.05) is 6.08 Å². The Balaban J connectivity index is 2.47. The summed E-state index contributed by atoms with van der Waals surface area (Å²) in [5.74, 6) is 0. The van der Waals surface area contributed by atoms with Crippen molar-refractivity contribution in [2.75, 3.05) is 5.32 Å². The molecule has 0 saturated carbocycles. The second kappa shape index (κ2) is 2.14. The van der Waals surface area contributed by atoms with Crippen molar-refractivity contribution in [1.82, 2.24) is 0 Å². The smallest absolute Gasteiger partial charge is 0.172 e. The number of pyridine rings is 1. The SMILES string of the molecule is C1=CNc2cc[nH+]cc2C1. The van der Waals surface area contributed by atoms with Crippen molar-refractivity contribution >= 4 is 5.69 Å². The highest BCUT2D eigenvalue weighted by molar-refractivity contribution is 5.53. The third-order valence-electron chi connectivity index (χ3n) is 1.64. The normalized spacial score (nSPS) is 14.0. The molecule has 0 saturated heterocycles. The quantitative estimate of drug-likeness (QED) is 0.561. The molecule has 2 rings (SSSR count). The number of nitrogens with one attached hydrogen (secondary N) is 2. The molecule has 1 aromatic heterocycles. The first-order valence-corrected chi connectivity index (χ1v) is 3.37. The molecule has 0 unspecified atom stereocenters. The topological polar surface area (TPSA) is 26.2 Å². The van der Waals surface area contributed by atoms with Gasteiger partial charge in [0, 0.05) is 11.6 Å². The van der Waals surface area contributed by atoms with Crippen LogP contribution in [0.15, 0.2) is 30.7 Å². The second-order valence-corrected chi connectivity index (χ2v) is 2.33. The Hall–Kier alpha value is -1.31. The molecule has 2 heterocycles. The third kappa shape index (κ3) is 0.778. The molecule has 1 aromatic rings. The van der Waals surface area contributed by atoms with Gasteiger partial charge in [0.05, 0.1) is 5.69 Å². The summed E-state index contributed by atoms with van der Waals surface area (Å²) in [4.78, 5) is 3.05. The number of H-pyrrole nitrogens is 1. The zero-order valence-electron chi connectivity index (χ0n) is 5.59. The standard InChI is InChI=1S/C8H8N2/c1-2-7-6-9-5-3-8(7)10-4-1/h1,3-6,10H,2H2/p+1. The maximum atomic E-state index is 3.16. The minimum Gasteiger partial charge on any atom is -0.361 e. The van der Waals surface area contributed by atoms with Gasteiger partial charge >= 0.3 is 0 Å². The summed E-state index contributed by atoms with van der Waals surface area (Å²) < 4.78 is 0. The molecule has 0 aromatic carbocycles. The van der Waals surface area contributed by atoms with Crippen LogP contribution in [0, 0.1) is 0 Å². The largest absolute Gasteiger partial charge is 0.361 e. The van der Waals surface area contributed by atoms with E-state index < -0.39 is 0 Å². The number of allylic oxidation sites excluding steroid dienone is 1. The van der Waals surface area contributed by atoms with E-state index in [4.69, 9.17) is 0 Å². The van der Waals surface area contributed by atoms with Gasteiger partial charge in [0.25, 0.3) is 0 Å². The molecule has 50 valence electrons. The first kappa shape index (κ1) is 5.47. The first-order valence-electron chi connectivity index (χ1n) is 3.37. The van der Waals surface area contributed by atoms with E-state index in [-0.39, 0.29) is 0 Å². The van der Waals surface area contributed by atoms with Gasteiger partial charge in [0.15, 0.2) is 12.4 Å². The molecule has 2 nitrogen and oxygen atoms in total. The molecule has 1 aliphatic rings. The van der Waals surface area contributed by atoms with Crippen molar-refractivity contribution in [2.24, 2.45) is 0 Å². The monoisotopic (exact) mass is 133 g/mol. The lowest BCUT2D eigenvalue weighted by molar-refractivity contribution is -0.378. The Bertz CT molecular complexity index is 239. The predicted octanol–water partition coefficient (Wildman–Crippen LogP) is 0.982. The van der Waals surface area contributed by atoms with Crippen molar-refractivity contribution in [3.63, 3.8) is 0 Å². The van der Waals surface area contributed by atoms with E-state index in [1.165, 1.54) is 11.3 Å². The molecule has 1 aliphatic heterocycles. The molecule has 10 heavy (non-hydrogen) atoms. The van der Waals surface area contributed by atoms with E-state index in [0.717, 1.165) is 6.42 Å². The summed E-state index contributed by atoms with van der Waals surface area (Å²) in [5.41, 5.74) is 2.53. The lowest BCUT2D eigenvalue weighted by atomic mass is 10.1. The molecule has 2 N–H and O–H groups in total. The van der Waals surface area contributed by atoms with E-state index in [9.17, 15) is 0 Å². The second-order valence-electron chi connectivity index (χ2n) is 2.33. The maximum absolute atomic E-state index is 3.16. The Morgan fingerprint density at radius 3 is 3.40 bits per heavy atom. The van der Waals surface area contributed by atoms with Gasteiger partial charge in [-0.15, -0.1) is 0 Å². The fraction of sp³-hybridized carbons (Fsp3) is 0.125. The lowest BCUT2D eigenvalue weighted by Crippen LogP contribution is -2.07. The van der Waals surface area contributed by atoms with Crippen molar-refractivity contribution in [2.45, 2.75) is 6.42 Å². The fourth-order valence-corrected chi connectivity index (χ4v) is 1.11. The van der Waals surface area contributed by atoms with Gasteiger partial charge in [-0.2, -0.15) is 0 Å². The van der Waals surface area contributed by atoms with E-state index in [1.54, 1.807) is 0 Å². The molecule has 0 fully saturated rings. The van der Waals surface area contributed by atoms with Crippen LogP contribution in [0.2, 0.25) is 0 Å². The van der Waals surface area contributed by atoms with Crippen LogP contribution in [0.25, 0.3) is 0 Å². The third-order valence-corrected chi connectivity index (χ3v) is 1.64. The zero-order valence-corrected chi connectivity index (χ0v) is 5.59. The van der Waals surface area contributed by atoms with E-state index in [1.807, 2.05) is 24.7 Å². The minimum absolute atomic E-state index is 1.03. The first-order chi connectivity index (χ1) is 4.97. The number of fused-ring (bicyclic) bond motifs is 1. The summed E-state index contributed by atoms with van der Waals surface area (Å²) >= 11 is 0. The Kier molecular flexibility index (Phi) is 1.17. The summed E-state index contributed by atoms with van der Waals surface area (Å²) in [6.45, 7) is 0. The molecular formula is C8H9N2+. The van der Waals surface area contributed by atoms with Crippen molar-refractivity contribution in [1.29, 1.82) is 0 Å². The van der Waals surface area contributed by atoms with Crippen LogP contribution in [-0.2, 0) is 6.42 Å². The van der Waals surface area contributed by atoms with Crippen LogP contribution < -0.4 is 10.3 Å². The summed E-state index contributed by atoms with van der Waals surface area (Å²) in [7, 11) is 0. The van der Waals surface area contributed by atoms with Crippen LogP contribution in [0.5, 0.6) is 0 Å². The molecule has 2 heteroatoms. The van der Waals surface area contributed by atoms with E-state index in [0.29, 0.717) is 0 Å². The van der Waals surface area contributed by atoms with Gasteiger partial charge in [-0.05, 0) is 12.6 Å². The molecule has 0 amide bonds. The summed E-state index contributed by atoms with van der Waals surface area (Å²) in [5, 5.41) is 3.16. The highest BCUT2D eigenvalue weighted by Gasteiger charge is 2.04.